The largest absolute Gasteiger partial charge is 0.507 e. The van der Waals surface area contributed by atoms with Crippen LogP contribution in [0.2, 0.25) is 0 Å². The van der Waals surface area contributed by atoms with Gasteiger partial charge in [-0.3, -0.25) is 0 Å². The maximum Gasteiger partial charge on any atom is 0.124 e. The van der Waals surface area contributed by atoms with Gasteiger partial charge in [0.05, 0.1) is 0 Å². The lowest BCUT2D eigenvalue weighted by Gasteiger charge is -2.16. The molecule has 0 aliphatic carbocycles. The van der Waals surface area contributed by atoms with Crippen molar-refractivity contribution in [2.45, 2.75) is 0 Å². The molecular formula is C30H22O2. The van der Waals surface area contributed by atoms with Crippen molar-refractivity contribution in [1.29, 1.82) is 0 Å². The van der Waals surface area contributed by atoms with E-state index in [4.69, 9.17) is 0 Å². The van der Waals surface area contributed by atoms with E-state index >= 15 is 0 Å². The van der Waals surface area contributed by atoms with Gasteiger partial charge in [0.2, 0.25) is 0 Å². The Labute approximate surface area is 187 Å². The Bertz CT molecular complexity index is 1270. The fourth-order valence-electron chi connectivity index (χ4n) is 4.13. The second kappa shape index (κ2) is 8.44. The van der Waals surface area contributed by atoms with Gasteiger partial charge in [-0.25, -0.2) is 0 Å². The Balaban J connectivity index is 1.68. The molecule has 0 radical (unpaired) electrons. The van der Waals surface area contributed by atoms with Crippen LogP contribution < -0.4 is 0 Å². The molecule has 0 heterocycles. The molecule has 0 aliphatic rings. The molecule has 5 rings (SSSR count). The van der Waals surface area contributed by atoms with Crippen molar-refractivity contribution in [3.8, 4) is 56.0 Å². The maximum absolute atomic E-state index is 10.9. The van der Waals surface area contributed by atoms with Crippen LogP contribution in [0, 0.1) is 0 Å². The minimum Gasteiger partial charge on any atom is -0.507 e. The number of phenolic OH excluding ortho intramolecular Hbond substituents is 2. The van der Waals surface area contributed by atoms with Crippen LogP contribution in [-0.4, -0.2) is 10.2 Å². The van der Waals surface area contributed by atoms with Gasteiger partial charge in [-0.1, -0.05) is 97.1 Å². The van der Waals surface area contributed by atoms with Gasteiger partial charge in [-0.05, 0) is 57.6 Å². The highest BCUT2D eigenvalue weighted by molar-refractivity contribution is 5.93. The van der Waals surface area contributed by atoms with Gasteiger partial charge in [-0.15, -0.1) is 0 Å². The summed E-state index contributed by atoms with van der Waals surface area (Å²) in [6.07, 6.45) is 0. The quantitative estimate of drug-likeness (QED) is 0.295. The van der Waals surface area contributed by atoms with Gasteiger partial charge in [-0.2, -0.15) is 0 Å². The third kappa shape index (κ3) is 3.75. The Hall–Kier alpha value is -4.30. The molecule has 0 spiro atoms. The average molecular weight is 415 g/mol. The van der Waals surface area contributed by atoms with Crippen molar-refractivity contribution in [2.75, 3.05) is 0 Å². The molecule has 2 heteroatoms. The Kier molecular flexibility index (Phi) is 5.19. The summed E-state index contributed by atoms with van der Waals surface area (Å²) in [6, 6.07) is 39.4. The highest BCUT2D eigenvalue weighted by Crippen LogP contribution is 2.45. The zero-order valence-electron chi connectivity index (χ0n) is 17.4. The summed E-state index contributed by atoms with van der Waals surface area (Å²) in [5.41, 5.74) is 7.23. The van der Waals surface area contributed by atoms with Crippen LogP contribution in [0.4, 0.5) is 0 Å². The number of hydrogen-bond donors (Lipinski definition) is 2. The fourth-order valence-corrected chi connectivity index (χ4v) is 4.13. The van der Waals surface area contributed by atoms with Crippen molar-refractivity contribution >= 4 is 0 Å². The average Bonchev–Trinajstić information content (AvgIpc) is 2.86. The molecule has 0 fully saturated rings. The van der Waals surface area contributed by atoms with E-state index in [1.54, 1.807) is 12.1 Å². The van der Waals surface area contributed by atoms with Crippen LogP contribution in [0.15, 0.2) is 121 Å². The van der Waals surface area contributed by atoms with E-state index in [-0.39, 0.29) is 11.5 Å². The molecule has 0 aromatic heterocycles. The Morgan fingerprint density at radius 2 is 0.656 bits per heavy atom. The first-order valence-corrected chi connectivity index (χ1v) is 10.6. The number of benzene rings is 5. The van der Waals surface area contributed by atoms with Crippen LogP contribution >= 0.6 is 0 Å². The van der Waals surface area contributed by atoms with Gasteiger partial charge in [0.25, 0.3) is 0 Å². The lowest BCUT2D eigenvalue weighted by molar-refractivity contribution is 0.463. The van der Waals surface area contributed by atoms with E-state index in [0.717, 1.165) is 33.4 Å². The highest BCUT2D eigenvalue weighted by atomic mass is 16.3. The molecule has 5 aromatic rings. The third-order valence-corrected chi connectivity index (χ3v) is 5.68. The van der Waals surface area contributed by atoms with Gasteiger partial charge in [0, 0.05) is 11.1 Å². The van der Waals surface area contributed by atoms with Crippen LogP contribution in [0.5, 0.6) is 11.5 Å². The van der Waals surface area contributed by atoms with Gasteiger partial charge < -0.3 is 10.2 Å². The first-order valence-electron chi connectivity index (χ1n) is 10.6. The second-order valence-electron chi connectivity index (χ2n) is 7.75. The van der Waals surface area contributed by atoms with Gasteiger partial charge in [0.15, 0.2) is 0 Å². The predicted octanol–water partition coefficient (Wildman–Crippen LogP) is 7.77. The van der Waals surface area contributed by atoms with Crippen molar-refractivity contribution in [2.24, 2.45) is 0 Å². The Morgan fingerprint density at radius 1 is 0.312 bits per heavy atom. The molecule has 0 saturated heterocycles. The van der Waals surface area contributed by atoms with E-state index < -0.39 is 0 Å². The van der Waals surface area contributed by atoms with Crippen LogP contribution in [0.3, 0.4) is 0 Å². The third-order valence-electron chi connectivity index (χ3n) is 5.68. The predicted molar refractivity (Wildman–Crippen MR) is 132 cm³/mol. The molecule has 0 saturated carbocycles. The van der Waals surface area contributed by atoms with Crippen LogP contribution in [0.1, 0.15) is 0 Å². The summed E-state index contributed by atoms with van der Waals surface area (Å²) in [5.74, 6) is 0.265. The lowest BCUT2D eigenvalue weighted by Crippen LogP contribution is -1.89. The van der Waals surface area contributed by atoms with E-state index in [1.807, 2.05) is 84.9 Å². The molecule has 5 aromatic carbocycles. The minimum absolute atomic E-state index is 0.133. The first-order chi connectivity index (χ1) is 15.7. The SMILES string of the molecule is Oc1ccc(O)c(-c2cccc(-c3ccccc3)c2)c1-c1cccc(-c2ccccc2)c1. The summed E-state index contributed by atoms with van der Waals surface area (Å²) < 4.78 is 0. The zero-order chi connectivity index (χ0) is 21.9. The van der Waals surface area contributed by atoms with Crippen molar-refractivity contribution in [3.05, 3.63) is 121 Å². The summed E-state index contributed by atoms with van der Waals surface area (Å²) in [7, 11) is 0. The standard InChI is InChI=1S/C30H22O2/c31-27-17-18-28(32)30(26-16-8-14-24(20-26)22-11-5-2-6-12-22)29(27)25-15-7-13-23(19-25)21-9-3-1-4-10-21/h1-20,31-32H. The van der Waals surface area contributed by atoms with E-state index in [9.17, 15) is 10.2 Å². The molecule has 0 unspecified atom stereocenters. The molecule has 32 heavy (non-hydrogen) atoms. The van der Waals surface area contributed by atoms with Crippen LogP contribution in [-0.2, 0) is 0 Å². The monoisotopic (exact) mass is 414 g/mol. The molecule has 2 N–H and O–H groups in total. The van der Waals surface area contributed by atoms with Gasteiger partial charge >= 0.3 is 0 Å². The molecule has 0 atom stereocenters. The summed E-state index contributed by atoms with van der Waals surface area (Å²) in [5, 5.41) is 21.7. The second-order valence-corrected chi connectivity index (χ2v) is 7.75. The maximum atomic E-state index is 10.9. The fraction of sp³-hybridized carbons (Fsp3) is 0. The normalized spacial score (nSPS) is 10.8. The molecular weight excluding hydrogens is 392 g/mol. The van der Waals surface area contributed by atoms with Crippen molar-refractivity contribution in [3.63, 3.8) is 0 Å². The lowest BCUT2D eigenvalue weighted by atomic mass is 9.90. The Morgan fingerprint density at radius 3 is 1.06 bits per heavy atom. The van der Waals surface area contributed by atoms with E-state index in [1.165, 1.54) is 0 Å². The molecule has 154 valence electrons. The van der Waals surface area contributed by atoms with Crippen LogP contribution in [0.25, 0.3) is 44.5 Å². The number of phenols is 2. The minimum atomic E-state index is 0.133. The molecule has 0 amide bonds. The zero-order valence-corrected chi connectivity index (χ0v) is 17.4. The topological polar surface area (TPSA) is 40.5 Å². The summed E-state index contributed by atoms with van der Waals surface area (Å²) in [6.45, 7) is 0. The smallest absolute Gasteiger partial charge is 0.124 e. The number of hydrogen-bond acceptors (Lipinski definition) is 2. The van der Waals surface area contributed by atoms with Gasteiger partial charge in [0.1, 0.15) is 11.5 Å². The highest BCUT2D eigenvalue weighted by Gasteiger charge is 2.17. The molecule has 0 aliphatic heterocycles. The first kappa shape index (κ1) is 19.7. The summed E-state index contributed by atoms with van der Waals surface area (Å²) >= 11 is 0. The van der Waals surface area contributed by atoms with Crippen molar-refractivity contribution < 1.29 is 10.2 Å². The van der Waals surface area contributed by atoms with E-state index in [2.05, 4.69) is 24.3 Å². The van der Waals surface area contributed by atoms with E-state index in [0.29, 0.717) is 11.1 Å². The molecule has 0 bridgehead atoms. The number of rotatable bonds is 4. The number of aromatic hydroxyl groups is 2. The summed E-state index contributed by atoms with van der Waals surface area (Å²) in [4.78, 5) is 0. The molecule has 2 nitrogen and oxygen atoms in total. The van der Waals surface area contributed by atoms with Crippen molar-refractivity contribution in [1.82, 2.24) is 0 Å².